The summed E-state index contributed by atoms with van der Waals surface area (Å²) < 4.78 is 31.5. The van der Waals surface area contributed by atoms with E-state index >= 15 is 0 Å². The van der Waals surface area contributed by atoms with E-state index in [2.05, 4.69) is 4.72 Å². The van der Waals surface area contributed by atoms with E-state index in [1.165, 1.54) is 13.2 Å². The second-order valence-electron chi connectivity index (χ2n) is 4.04. The van der Waals surface area contributed by atoms with Crippen LogP contribution in [0.4, 0.5) is 0 Å². The summed E-state index contributed by atoms with van der Waals surface area (Å²) in [4.78, 5) is 0.129. The van der Waals surface area contributed by atoms with E-state index in [4.69, 9.17) is 9.84 Å². The Labute approximate surface area is 108 Å². The molecule has 0 aliphatic rings. The average Bonchev–Trinajstić information content (AvgIpc) is 2.34. The van der Waals surface area contributed by atoms with Gasteiger partial charge in [0, 0.05) is 6.54 Å². The highest BCUT2D eigenvalue weighted by molar-refractivity contribution is 7.89. The number of methoxy groups -OCH3 is 1. The number of rotatable bonds is 7. The van der Waals surface area contributed by atoms with Crippen molar-refractivity contribution in [2.75, 3.05) is 13.7 Å². The van der Waals surface area contributed by atoms with Gasteiger partial charge in [-0.25, -0.2) is 13.1 Å². The number of para-hydroxylation sites is 1. The zero-order valence-electron chi connectivity index (χ0n) is 10.6. The minimum Gasteiger partial charge on any atom is -0.495 e. The number of aliphatic hydroxyl groups is 1. The standard InChI is InChI=1S/C12H19NO4S/c1-10(14)6-5-9-13-18(15,16)12-8-4-3-7-11(12)17-2/h3-4,7-8,10,13-14H,5-6,9H2,1-2H3. The maximum atomic E-state index is 12.0. The lowest BCUT2D eigenvalue weighted by Crippen LogP contribution is -2.25. The second-order valence-corrected chi connectivity index (χ2v) is 5.78. The summed E-state index contributed by atoms with van der Waals surface area (Å²) in [6, 6.07) is 6.46. The number of ether oxygens (including phenoxy) is 1. The molecule has 2 N–H and O–H groups in total. The third-order valence-electron chi connectivity index (χ3n) is 2.45. The highest BCUT2D eigenvalue weighted by Crippen LogP contribution is 2.22. The molecule has 1 rings (SSSR count). The summed E-state index contributed by atoms with van der Waals surface area (Å²) in [6.07, 6.45) is 0.737. The van der Waals surface area contributed by atoms with Gasteiger partial charge in [-0.2, -0.15) is 0 Å². The van der Waals surface area contributed by atoms with Gasteiger partial charge in [0.1, 0.15) is 10.6 Å². The summed E-state index contributed by atoms with van der Waals surface area (Å²) in [6.45, 7) is 1.97. The molecule has 0 bridgehead atoms. The Bertz CT molecular complexity index is 471. The van der Waals surface area contributed by atoms with Crippen LogP contribution in [0.25, 0.3) is 0 Å². The first-order valence-corrected chi connectivity index (χ1v) is 7.26. The molecule has 0 saturated carbocycles. The zero-order valence-corrected chi connectivity index (χ0v) is 11.4. The first-order valence-electron chi connectivity index (χ1n) is 5.78. The van der Waals surface area contributed by atoms with Crippen molar-refractivity contribution in [2.24, 2.45) is 0 Å². The normalized spacial score (nSPS) is 13.3. The molecule has 0 fully saturated rings. The number of benzene rings is 1. The molecule has 6 heteroatoms. The quantitative estimate of drug-likeness (QED) is 0.730. The lowest BCUT2D eigenvalue weighted by molar-refractivity contribution is 0.182. The minimum atomic E-state index is -3.56. The van der Waals surface area contributed by atoms with Gasteiger partial charge in [0.2, 0.25) is 10.0 Å². The highest BCUT2D eigenvalue weighted by atomic mass is 32.2. The fourth-order valence-corrected chi connectivity index (χ4v) is 2.77. The summed E-state index contributed by atoms with van der Waals surface area (Å²) in [5.41, 5.74) is 0. The van der Waals surface area contributed by atoms with Crippen molar-refractivity contribution in [3.05, 3.63) is 24.3 Å². The molecular weight excluding hydrogens is 254 g/mol. The van der Waals surface area contributed by atoms with Crippen LogP contribution in [0.15, 0.2) is 29.2 Å². The molecule has 0 radical (unpaired) electrons. The van der Waals surface area contributed by atoms with Crippen LogP contribution in [-0.2, 0) is 10.0 Å². The van der Waals surface area contributed by atoms with Crippen LogP contribution in [0.3, 0.4) is 0 Å². The smallest absolute Gasteiger partial charge is 0.244 e. The Hall–Kier alpha value is -1.11. The Morgan fingerprint density at radius 2 is 2.06 bits per heavy atom. The zero-order chi connectivity index (χ0) is 13.6. The van der Waals surface area contributed by atoms with Gasteiger partial charge >= 0.3 is 0 Å². The van der Waals surface area contributed by atoms with Crippen LogP contribution < -0.4 is 9.46 Å². The van der Waals surface area contributed by atoms with Crippen molar-refractivity contribution in [3.63, 3.8) is 0 Å². The van der Waals surface area contributed by atoms with Crippen molar-refractivity contribution in [2.45, 2.75) is 30.8 Å². The van der Waals surface area contributed by atoms with Gasteiger partial charge in [-0.05, 0) is 31.9 Å². The largest absolute Gasteiger partial charge is 0.495 e. The van der Waals surface area contributed by atoms with Crippen molar-refractivity contribution >= 4 is 10.0 Å². The second kappa shape index (κ2) is 6.72. The Balaban J connectivity index is 2.68. The van der Waals surface area contributed by atoms with Crippen LogP contribution in [-0.4, -0.2) is 33.3 Å². The Morgan fingerprint density at radius 3 is 2.67 bits per heavy atom. The lowest BCUT2D eigenvalue weighted by atomic mass is 10.2. The van der Waals surface area contributed by atoms with Gasteiger partial charge in [0.25, 0.3) is 0 Å². The molecule has 0 heterocycles. The third-order valence-corrected chi connectivity index (χ3v) is 3.95. The van der Waals surface area contributed by atoms with E-state index in [1.54, 1.807) is 25.1 Å². The number of aliphatic hydroxyl groups excluding tert-OH is 1. The maximum absolute atomic E-state index is 12.0. The van der Waals surface area contributed by atoms with Crippen LogP contribution >= 0.6 is 0 Å². The summed E-state index contributed by atoms with van der Waals surface area (Å²) in [5.74, 6) is 0.320. The molecule has 1 unspecified atom stereocenters. The van der Waals surface area contributed by atoms with Crippen molar-refractivity contribution in [1.82, 2.24) is 4.72 Å². The van der Waals surface area contributed by atoms with Crippen molar-refractivity contribution < 1.29 is 18.3 Å². The Kier molecular flexibility index (Phi) is 5.58. The molecule has 1 aromatic carbocycles. The molecule has 0 aliphatic heterocycles. The van der Waals surface area contributed by atoms with E-state index < -0.39 is 16.1 Å². The monoisotopic (exact) mass is 273 g/mol. The van der Waals surface area contributed by atoms with Gasteiger partial charge in [-0.1, -0.05) is 12.1 Å². The van der Waals surface area contributed by atoms with Gasteiger partial charge in [-0.15, -0.1) is 0 Å². The van der Waals surface area contributed by atoms with E-state index in [9.17, 15) is 8.42 Å². The molecule has 102 valence electrons. The van der Waals surface area contributed by atoms with Crippen molar-refractivity contribution in [1.29, 1.82) is 0 Å². The van der Waals surface area contributed by atoms with E-state index in [1.807, 2.05) is 0 Å². The highest BCUT2D eigenvalue weighted by Gasteiger charge is 2.17. The number of hydrogen-bond acceptors (Lipinski definition) is 4. The summed E-state index contributed by atoms with van der Waals surface area (Å²) in [5, 5.41) is 9.08. The third kappa shape index (κ3) is 4.29. The summed E-state index contributed by atoms with van der Waals surface area (Å²) >= 11 is 0. The number of hydrogen-bond donors (Lipinski definition) is 2. The Morgan fingerprint density at radius 1 is 1.39 bits per heavy atom. The fourth-order valence-electron chi connectivity index (χ4n) is 1.52. The fraction of sp³-hybridized carbons (Fsp3) is 0.500. The molecule has 0 amide bonds. The molecule has 1 atom stereocenters. The SMILES string of the molecule is COc1ccccc1S(=O)(=O)NCCCC(C)O. The number of sulfonamides is 1. The van der Waals surface area contributed by atoms with Crippen LogP contribution in [0.2, 0.25) is 0 Å². The molecular formula is C12H19NO4S. The molecule has 1 aromatic rings. The van der Waals surface area contributed by atoms with Gasteiger partial charge in [0.05, 0.1) is 13.2 Å². The number of nitrogens with one attached hydrogen (secondary N) is 1. The van der Waals surface area contributed by atoms with Gasteiger partial charge in [-0.3, -0.25) is 0 Å². The molecule has 0 saturated heterocycles. The average molecular weight is 273 g/mol. The predicted octanol–water partition coefficient (Wildman–Crippen LogP) is 1.13. The maximum Gasteiger partial charge on any atom is 0.244 e. The first kappa shape index (κ1) is 14.9. The van der Waals surface area contributed by atoms with Crippen LogP contribution in [0, 0.1) is 0 Å². The molecule has 0 aliphatic carbocycles. The van der Waals surface area contributed by atoms with Crippen LogP contribution in [0.1, 0.15) is 19.8 Å². The van der Waals surface area contributed by atoms with E-state index in [-0.39, 0.29) is 4.90 Å². The van der Waals surface area contributed by atoms with Gasteiger partial charge in [0.15, 0.2) is 0 Å². The van der Waals surface area contributed by atoms with E-state index in [0.29, 0.717) is 25.1 Å². The molecule has 0 aromatic heterocycles. The molecule has 18 heavy (non-hydrogen) atoms. The molecule has 5 nitrogen and oxygen atoms in total. The lowest BCUT2D eigenvalue weighted by Gasteiger charge is -2.10. The topological polar surface area (TPSA) is 75.6 Å². The van der Waals surface area contributed by atoms with E-state index in [0.717, 1.165) is 0 Å². The van der Waals surface area contributed by atoms with Gasteiger partial charge < -0.3 is 9.84 Å². The predicted molar refractivity (Wildman–Crippen MR) is 69.1 cm³/mol. The minimum absolute atomic E-state index is 0.129. The first-order chi connectivity index (χ1) is 8.47. The van der Waals surface area contributed by atoms with Crippen molar-refractivity contribution in [3.8, 4) is 5.75 Å². The summed E-state index contributed by atoms with van der Waals surface area (Å²) in [7, 11) is -2.13. The molecule has 0 spiro atoms. The van der Waals surface area contributed by atoms with Crippen LogP contribution in [0.5, 0.6) is 5.75 Å².